The Morgan fingerprint density at radius 3 is 2.23 bits per heavy atom. The lowest BCUT2D eigenvalue weighted by Gasteiger charge is -1.95. The summed E-state index contributed by atoms with van der Waals surface area (Å²) in [6.45, 7) is 3.41. The molecule has 0 amide bonds. The van der Waals surface area contributed by atoms with Crippen LogP contribution in [0.1, 0.15) is 32.6 Å². The Balaban J connectivity index is 0.00000144. The van der Waals surface area contributed by atoms with Crippen LogP contribution in [0.3, 0.4) is 0 Å². The molecule has 1 aromatic rings. The van der Waals surface area contributed by atoms with Crippen molar-refractivity contribution < 1.29 is 4.57 Å². The Labute approximate surface area is 91.6 Å². The summed E-state index contributed by atoms with van der Waals surface area (Å²) in [7, 11) is 0. The third-order valence-electron chi connectivity index (χ3n) is 2.05. The van der Waals surface area contributed by atoms with Crippen molar-refractivity contribution in [1.82, 2.24) is 0 Å². The van der Waals surface area contributed by atoms with E-state index < -0.39 is 0 Å². The number of unbranched alkanes of at least 4 members (excludes halogenated alkanes) is 3. The van der Waals surface area contributed by atoms with E-state index in [1.165, 1.54) is 32.2 Å². The molecule has 0 saturated heterocycles. The molecule has 0 spiro atoms. The van der Waals surface area contributed by atoms with Crippen molar-refractivity contribution in [1.29, 1.82) is 0 Å². The summed E-state index contributed by atoms with van der Waals surface area (Å²) in [5.41, 5.74) is 0. The molecule has 0 N–H and O–H groups in total. The van der Waals surface area contributed by atoms with Gasteiger partial charge in [0.05, 0.1) is 0 Å². The largest absolute Gasteiger partial charge is 0.205 e. The van der Waals surface area contributed by atoms with E-state index in [0.717, 1.165) is 0 Å². The van der Waals surface area contributed by atoms with Gasteiger partial charge in [0.15, 0.2) is 12.4 Å². The summed E-state index contributed by atoms with van der Waals surface area (Å²) in [5, 5.41) is 0. The van der Waals surface area contributed by atoms with Gasteiger partial charge in [-0.15, -0.1) is 17.0 Å². The summed E-state index contributed by atoms with van der Waals surface area (Å²) in [5.74, 6) is 0. The van der Waals surface area contributed by atoms with Crippen molar-refractivity contribution in [2.24, 2.45) is 0 Å². The first-order valence-corrected chi connectivity index (χ1v) is 4.87. The summed E-state index contributed by atoms with van der Waals surface area (Å²) in [6.07, 6.45) is 9.62. The van der Waals surface area contributed by atoms with E-state index in [0.29, 0.717) is 0 Å². The van der Waals surface area contributed by atoms with Crippen molar-refractivity contribution >= 4 is 17.0 Å². The molecular weight excluding hydrogens is 226 g/mol. The molecule has 1 heterocycles. The molecule has 0 atom stereocenters. The molecule has 0 aromatic carbocycles. The van der Waals surface area contributed by atoms with Gasteiger partial charge in [0.25, 0.3) is 0 Å². The molecule has 0 fully saturated rings. The fourth-order valence-electron chi connectivity index (χ4n) is 1.30. The molecule has 0 aliphatic rings. The highest BCUT2D eigenvalue weighted by molar-refractivity contribution is 8.93. The van der Waals surface area contributed by atoms with Crippen molar-refractivity contribution in [3.05, 3.63) is 30.6 Å². The van der Waals surface area contributed by atoms with E-state index in [4.69, 9.17) is 0 Å². The van der Waals surface area contributed by atoms with Gasteiger partial charge in [0.1, 0.15) is 6.54 Å². The van der Waals surface area contributed by atoms with Gasteiger partial charge < -0.3 is 0 Å². The number of aryl methyl sites for hydroxylation is 1. The molecule has 1 rings (SSSR count). The first-order chi connectivity index (χ1) is 5.93. The van der Waals surface area contributed by atoms with E-state index >= 15 is 0 Å². The SMILES string of the molecule is Br.CCCCCC[n+]1ccccc1. The number of halogens is 1. The highest BCUT2D eigenvalue weighted by Gasteiger charge is 1.95. The number of pyridine rings is 1. The average molecular weight is 245 g/mol. The second-order valence-electron chi connectivity index (χ2n) is 3.17. The summed E-state index contributed by atoms with van der Waals surface area (Å²) in [6, 6.07) is 6.22. The summed E-state index contributed by atoms with van der Waals surface area (Å²) >= 11 is 0. The zero-order valence-electron chi connectivity index (χ0n) is 8.28. The van der Waals surface area contributed by atoms with Gasteiger partial charge in [-0.2, -0.15) is 0 Å². The molecule has 1 nitrogen and oxygen atoms in total. The molecule has 0 bridgehead atoms. The van der Waals surface area contributed by atoms with Gasteiger partial charge in [-0.25, -0.2) is 4.57 Å². The van der Waals surface area contributed by atoms with Crippen LogP contribution in [0, 0.1) is 0 Å². The smallest absolute Gasteiger partial charge is 0.168 e. The second-order valence-corrected chi connectivity index (χ2v) is 3.17. The van der Waals surface area contributed by atoms with Gasteiger partial charge in [0.2, 0.25) is 0 Å². The van der Waals surface area contributed by atoms with Gasteiger partial charge in [-0.05, 0) is 6.42 Å². The third kappa shape index (κ3) is 5.81. The van der Waals surface area contributed by atoms with Gasteiger partial charge in [-0.3, -0.25) is 0 Å². The monoisotopic (exact) mass is 244 g/mol. The van der Waals surface area contributed by atoms with Crippen molar-refractivity contribution in [2.45, 2.75) is 39.2 Å². The van der Waals surface area contributed by atoms with E-state index in [2.05, 4.69) is 42.1 Å². The van der Waals surface area contributed by atoms with E-state index in [1.807, 2.05) is 0 Å². The third-order valence-corrected chi connectivity index (χ3v) is 2.05. The fourth-order valence-corrected chi connectivity index (χ4v) is 1.30. The van der Waals surface area contributed by atoms with Crippen LogP contribution >= 0.6 is 17.0 Å². The van der Waals surface area contributed by atoms with Crippen LogP contribution < -0.4 is 4.57 Å². The maximum absolute atomic E-state index is 2.25. The molecule has 0 radical (unpaired) electrons. The highest BCUT2D eigenvalue weighted by atomic mass is 79.9. The van der Waals surface area contributed by atoms with Gasteiger partial charge in [-0.1, -0.05) is 25.8 Å². The zero-order valence-corrected chi connectivity index (χ0v) is 9.99. The Morgan fingerprint density at radius 2 is 1.62 bits per heavy atom. The predicted octanol–water partition coefficient (Wildman–Crippen LogP) is 3.13. The van der Waals surface area contributed by atoms with Crippen molar-refractivity contribution in [3.63, 3.8) is 0 Å². The van der Waals surface area contributed by atoms with E-state index in [9.17, 15) is 0 Å². The first-order valence-electron chi connectivity index (χ1n) is 4.87. The van der Waals surface area contributed by atoms with Gasteiger partial charge >= 0.3 is 0 Å². The predicted molar refractivity (Wildman–Crippen MR) is 61.1 cm³/mol. The van der Waals surface area contributed by atoms with Gasteiger partial charge in [0, 0.05) is 18.6 Å². The van der Waals surface area contributed by atoms with Crippen LogP contribution in [-0.2, 0) is 6.54 Å². The molecule has 2 heteroatoms. The Kier molecular flexibility index (Phi) is 8.00. The van der Waals surface area contributed by atoms with Crippen LogP contribution in [0.15, 0.2) is 30.6 Å². The van der Waals surface area contributed by atoms with Crippen molar-refractivity contribution in [3.8, 4) is 0 Å². The maximum Gasteiger partial charge on any atom is 0.168 e. The lowest BCUT2D eigenvalue weighted by molar-refractivity contribution is -0.697. The number of hydrogen-bond acceptors (Lipinski definition) is 0. The van der Waals surface area contributed by atoms with E-state index in [-0.39, 0.29) is 17.0 Å². The quantitative estimate of drug-likeness (QED) is 0.554. The maximum atomic E-state index is 2.25. The minimum atomic E-state index is 0. The van der Waals surface area contributed by atoms with Crippen molar-refractivity contribution in [2.75, 3.05) is 0 Å². The lowest BCUT2D eigenvalue weighted by atomic mass is 10.2. The van der Waals surface area contributed by atoms with Crippen LogP contribution in [-0.4, -0.2) is 0 Å². The molecule has 0 saturated carbocycles. The molecular formula is C11H19BrN+. The normalized spacial score (nSPS) is 9.31. The molecule has 13 heavy (non-hydrogen) atoms. The molecule has 0 unspecified atom stereocenters. The minimum absolute atomic E-state index is 0. The van der Waals surface area contributed by atoms with Crippen LogP contribution in [0.2, 0.25) is 0 Å². The van der Waals surface area contributed by atoms with Crippen LogP contribution in [0.4, 0.5) is 0 Å². The fraction of sp³-hybridized carbons (Fsp3) is 0.545. The Hall–Kier alpha value is -0.370. The zero-order chi connectivity index (χ0) is 8.65. The minimum Gasteiger partial charge on any atom is -0.205 e. The number of aromatic nitrogens is 1. The van der Waals surface area contributed by atoms with Crippen LogP contribution in [0.5, 0.6) is 0 Å². The summed E-state index contributed by atoms with van der Waals surface area (Å²) < 4.78 is 2.25. The van der Waals surface area contributed by atoms with E-state index in [1.54, 1.807) is 0 Å². The molecule has 74 valence electrons. The topological polar surface area (TPSA) is 3.88 Å². The lowest BCUT2D eigenvalue weighted by Crippen LogP contribution is -2.32. The average Bonchev–Trinajstić information content (AvgIpc) is 2.14. The highest BCUT2D eigenvalue weighted by Crippen LogP contribution is 1.97. The molecule has 0 aliphatic carbocycles. The second kappa shape index (κ2) is 8.24. The standard InChI is InChI=1S/C11H18N.BrH/c1-2-3-4-6-9-12-10-7-5-8-11-12;/h5,7-8,10-11H,2-4,6,9H2,1H3;1H/q+1;. The number of hydrogen-bond donors (Lipinski definition) is 0. The summed E-state index contributed by atoms with van der Waals surface area (Å²) in [4.78, 5) is 0. The first kappa shape index (κ1) is 12.6. The number of nitrogens with zero attached hydrogens (tertiary/aromatic N) is 1. The molecule has 0 aliphatic heterocycles. The Bertz CT molecular complexity index is 199. The molecule has 1 aromatic heterocycles. The van der Waals surface area contributed by atoms with Crippen LogP contribution in [0.25, 0.3) is 0 Å². The number of rotatable bonds is 5. The Morgan fingerprint density at radius 1 is 0.923 bits per heavy atom.